The lowest BCUT2D eigenvalue weighted by molar-refractivity contribution is -0.142. The number of aliphatic hydroxyl groups is 1. The zero-order valence-corrected chi connectivity index (χ0v) is 22.6. The normalized spacial score (nSPS) is 30.3. The van der Waals surface area contributed by atoms with E-state index < -0.39 is 48.4 Å². The fourth-order valence-corrected chi connectivity index (χ4v) is 7.28. The number of carbonyl (C=O) groups is 1. The van der Waals surface area contributed by atoms with Gasteiger partial charge in [0.15, 0.2) is 34.5 Å². The fourth-order valence-electron chi connectivity index (χ4n) is 4.57. The van der Waals surface area contributed by atoms with Crippen molar-refractivity contribution in [2.75, 3.05) is 25.2 Å². The molecule has 0 bridgehead atoms. The first kappa shape index (κ1) is 26.7. The van der Waals surface area contributed by atoms with Crippen molar-refractivity contribution < 1.29 is 32.8 Å². The predicted octanol–water partition coefficient (Wildman–Crippen LogP) is 1.66. The summed E-state index contributed by atoms with van der Waals surface area (Å²) in [6.07, 6.45) is -2.26. The highest BCUT2D eigenvalue weighted by Gasteiger charge is 2.85. The molecule has 0 radical (unpaired) electrons. The maximum absolute atomic E-state index is 16.4. The summed E-state index contributed by atoms with van der Waals surface area (Å²) in [4.78, 5) is 24.6. The number of hydrogen-bond acceptors (Lipinski definition) is 12. The first-order valence-corrected chi connectivity index (χ1v) is 14.2. The number of esters is 1. The molecule has 38 heavy (non-hydrogen) atoms. The number of rotatable bonds is 9. The number of hydrogen-bond donors (Lipinski definition) is 4. The highest BCUT2D eigenvalue weighted by atomic mass is 32.5. The van der Waals surface area contributed by atoms with E-state index >= 15 is 4.39 Å². The van der Waals surface area contributed by atoms with Gasteiger partial charge in [-0.2, -0.15) is 9.97 Å². The van der Waals surface area contributed by atoms with Crippen LogP contribution in [0.1, 0.15) is 20.1 Å². The minimum atomic E-state index is -3.54. The van der Waals surface area contributed by atoms with Crippen molar-refractivity contribution in [3.8, 4) is 5.75 Å². The van der Waals surface area contributed by atoms with Gasteiger partial charge in [-0.15, -0.1) is 0 Å². The number of nitrogens with zero attached hydrogens (tertiary/aromatic N) is 4. The monoisotopic (exact) mass is 567 g/mol. The van der Waals surface area contributed by atoms with E-state index in [-0.39, 0.29) is 11.6 Å². The topological polar surface area (TPSA) is 168 Å². The molecule has 2 aromatic heterocycles. The molecule has 13 nitrogen and oxygen atoms in total. The van der Waals surface area contributed by atoms with Gasteiger partial charge in [0.25, 0.3) is 0 Å². The summed E-state index contributed by atoms with van der Waals surface area (Å²) >= 11 is 5.67. The summed E-state index contributed by atoms with van der Waals surface area (Å²) in [6.45, 7) is -0.815. The molecule has 5 N–H and O–H groups in total. The summed E-state index contributed by atoms with van der Waals surface area (Å²) in [5.74, 6) is 0.0775. The lowest BCUT2D eigenvalue weighted by atomic mass is 9.97. The van der Waals surface area contributed by atoms with Gasteiger partial charge >= 0.3 is 12.6 Å². The van der Waals surface area contributed by atoms with Gasteiger partial charge in [0.2, 0.25) is 5.95 Å². The molecule has 1 saturated heterocycles. The Kier molecular flexibility index (Phi) is 6.57. The Bertz CT molecular complexity index is 1430. The van der Waals surface area contributed by atoms with Gasteiger partial charge in [0.05, 0.1) is 13.4 Å². The zero-order chi connectivity index (χ0) is 27.5. The number of methoxy groups -OCH3 is 1. The van der Waals surface area contributed by atoms with Gasteiger partial charge in [0, 0.05) is 7.05 Å². The maximum atomic E-state index is 16.4. The van der Waals surface area contributed by atoms with E-state index in [0.717, 1.165) is 0 Å². The molecule has 204 valence electrons. The van der Waals surface area contributed by atoms with Gasteiger partial charge < -0.3 is 30.2 Å². The van der Waals surface area contributed by atoms with E-state index in [1.54, 1.807) is 37.4 Å². The summed E-state index contributed by atoms with van der Waals surface area (Å²) < 4.78 is 40.4. The number of nitrogens with one attached hydrogen (secondary N) is 2. The van der Waals surface area contributed by atoms with Gasteiger partial charge in [0.1, 0.15) is 24.0 Å². The Hall–Kier alpha value is -2.94. The third-order valence-electron chi connectivity index (χ3n) is 6.61. The van der Waals surface area contributed by atoms with E-state index in [0.29, 0.717) is 17.1 Å². The molecule has 2 fully saturated rings. The van der Waals surface area contributed by atoms with Crippen LogP contribution >= 0.6 is 6.64 Å². The number of benzene rings is 1. The average molecular weight is 568 g/mol. The second-order valence-corrected chi connectivity index (χ2v) is 12.2. The van der Waals surface area contributed by atoms with Gasteiger partial charge in [-0.1, -0.05) is 18.2 Å². The zero-order valence-electron chi connectivity index (χ0n) is 20.9. The molecular formula is C22H27FN7O6PS. The van der Waals surface area contributed by atoms with E-state index in [9.17, 15) is 9.90 Å². The van der Waals surface area contributed by atoms with E-state index in [2.05, 4.69) is 25.4 Å². The molecule has 3 aromatic rings. The number of para-hydroxylation sites is 1. The van der Waals surface area contributed by atoms with Gasteiger partial charge in [-0.05, 0) is 37.8 Å². The highest BCUT2D eigenvalue weighted by molar-refractivity contribution is 8.09. The molecular weight excluding hydrogens is 540 g/mol. The Morgan fingerprint density at radius 3 is 2.68 bits per heavy atom. The number of ether oxygens (including phenoxy) is 2. The molecule has 16 heteroatoms. The van der Waals surface area contributed by atoms with E-state index in [4.69, 9.17) is 36.1 Å². The average Bonchev–Trinajstić information content (AvgIpc) is 3.13. The largest absolute Gasteiger partial charge is 0.468 e. The van der Waals surface area contributed by atoms with Crippen molar-refractivity contribution in [3.05, 3.63) is 36.7 Å². The van der Waals surface area contributed by atoms with Crippen LogP contribution in [-0.2, 0) is 30.6 Å². The van der Waals surface area contributed by atoms with Crippen molar-refractivity contribution in [3.63, 3.8) is 0 Å². The SMILES string of the molecule is CNc1nc(N)nc2c1ncn2[C@@H]1O[C@@H]2C(O[P@@](=S)(N[C@@H](C)C(=O)OC)Oc3ccccc3)[C@]2(O)[C@@]1(C)F. The number of nitrogen functional groups attached to an aromatic ring is 1. The van der Waals surface area contributed by atoms with Gasteiger partial charge in [-0.25, -0.2) is 14.5 Å². The molecule has 2 aliphatic rings. The lowest BCUT2D eigenvalue weighted by Gasteiger charge is -2.32. The van der Waals surface area contributed by atoms with E-state index in [1.807, 2.05) is 0 Å². The third-order valence-corrected chi connectivity index (χ3v) is 9.07. The first-order chi connectivity index (χ1) is 17.9. The van der Waals surface area contributed by atoms with Crippen LogP contribution in [0.25, 0.3) is 11.2 Å². The van der Waals surface area contributed by atoms with Crippen molar-refractivity contribution in [1.82, 2.24) is 24.6 Å². The Balaban J connectivity index is 1.42. The lowest BCUT2D eigenvalue weighted by Crippen LogP contribution is -2.45. The fraction of sp³-hybridized carbons (Fsp3) is 0.455. The van der Waals surface area contributed by atoms with E-state index in [1.165, 1.54) is 31.9 Å². The Labute approximate surface area is 222 Å². The minimum Gasteiger partial charge on any atom is -0.468 e. The standard InChI is InChI=1S/C22H27FN7O6PS/c1-11(18(31)33-4)29-37(38,35-12-8-6-5-7-9-12)36-15-14-22(15,32)21(2,23)19(34-14)30-10-26-13-16(25-3)27-20(24)28-17(13)30/h5-11,14-15,19,32H,1-4H3,(H,29,38)(H3,24,25,27,28)/t11-,14+,15?,19+,21-,22-,37+/m0/s1. The predicted molar refractivity (Wildman–Crippen MR) is 138 cm³/mol. The van der Waals surface area contributed by atoms with Crippen molar-refractivity contribution in [2.24, 2.45) is 0 Å². The third kappa shape index (κ3) is 4.19. The Morgan fingerprint density at radius 2 is 2.08 bits per heavy atom. The van der Waals surface area contributed by atoms with Crippen LogP contribution in [-0.4, -0.2) is 74.3 Å². The number of carbonyl (C=O) groups excluding carboxylic acids is 1. The van der Waals surface area contributed by atoms with Crippen molar-refractivity contribution in [1.29, 1.82) is 0 Å². The first-order valence-electron chi connectivity index (χ1n) is 11.6. The van der Waals surface area contributed by atoms with Crippen LogP contribution < -0.4 is 20.7 Å². The second kappa shape index (κ2) is 9.36. The number of anilines is 2. The van der Waals surface area contributed by atoms with Crippen LogP contribution in [0.4, 0.5) is 16.2 Å². The van der Waals surface area contributed by atoms with Crippen molar-refractivity contribution in [2.45, 2.75) is 49.6 Å². The number of nitrogens with two attached hydrogens (primary N) is 1. The molecule has 1 aliphatic carbocycles. The number of fused-ring (bicyclic) bond motifs is 2. The molecule has 0 spiro atoms. The molecule has 5 rings (SSSR count). The Morgan fingerprint density at radius 1 is 1.37 bits per heavy atom. The molecule has 1 aromatic carbocycles. The van der Waals surface area contributed by atoms with Crippen LogP contribution in [0.3, 0.4) is 0 Å². The second-order valence-electron chi connectivity index (χ2n) is 9.12. The van der Waals surface area contributed by atoms with Crippen LogP contribution in [0.15, 0.2) is 36.7 Å². The summed E-state index contributed by atoms with van der Waals surface area (Å²) in [5, 5.41) is 17.2. The molecule has 3 heterocycles. The number of aromatic nitrogens is 4. The number of halogens is 1. The minimum absolute atomic E-state index is 0.0446. The van der Waals surface area contributed by atoms with Gasteiger partial charge in [-0.3, -0.25) is 13.9 Å². The summed E-state index contributed by atoms with van der Waals surface area (Å²) in [7, 11) is 2.87. The van der Waals surface area contributed by atoms with Crippen molar-refractivity contribution >= 4 is 47.3 Å². The molecule has 7 atom stereocenters. The highest BCUT2D eigenvalue weighted by Crippen LogP contribution is 2.66. The van der Waals surface area contributed by atoms with Crippen LogP contribution in [0.5, 0.6) is 5.75 Å². The van der Waals surface area contributed by atoms with Crippen LogP contribution in [0.2, 0.25) is 0 Å². The number of alkyl halides is 1. The summed E-state index contributed by atoms with van der Waals surface area (Å²) in [6, 6.07) is 7.65. The summed E-state index contributed by atoms with van der Waals surface area (Å²) in [5.41, 5.74) is 1.93. The molecule has 1 saturated carbocycles. The van der Waals surface area contributed by atoms with Crippen LogP contribution in [0, 0.1) is 0 Å². The molecule has 1 aliphatic heterocycles. The smallest absolute Gasteiger partial charge is 0.323 e. The molecule has 1 unspecified atom stereocenters. The quantitative estimate of drug-likeness (QED) is 0.218. The maximum Gasteiger partial charge on any atom is 0.323 e. The molecule has 0 amide bonds. The number of imidazole rings is 1.